The molecule has 1 aromatic heterocycles. The fourth-order valence-electron chi connectivity index (χ4n) is 2.85. The molecule has 1 aliphatic rings. The van der Waals surface area contributed by atoms with Crippen LogP contribution < -0.4 is 10.6 Å². The van der Waals surface area contributed by atoms with Gasteiger partial charge < -0.3 is 15.6 Å². The van der Waals surface area contributed by atoms with Crippen LogP contribution in [0.3, 0.4) is 0 Å². The molecule has 1 atom stereocenters. The Morgan fingerprint density at radius 1 is 1.26 bits per heavy atom. The maximum Gasteiger partial charge on any atom is 0.253 e. The van der Waals surface area contributed by atoms with E-state index < -0.39 is 0 Å². The maximum atomic E-state index is 13.0. The summed E-state index contributed by atoms with van der Waals surface area (Å²) in [5.41, 5.74) is 2.21. The van der Waals surface area contributed by atoms with Crippen molar-refractivity contribution < 1.29 is 9.18 Å². The van der Waals surface area contributed by atoms with Gasteiger partial charge in [-0.15, -0.1) is 12.4 Å². The van der Waals surface area contributed by atoms with Gasteiger partial charge in [0.25, 0.3) is 5.91 Å². The number of amides is 1. The molecule has 1 fully saturated rings. The zero-order valence-corrected chi connectivity index (χ0v) is 13.6. The summed E-state index contributed by atoms with van der Waals surface area (Å²) in [7, 11) is 0. The van der Waals surface area contributed by atoms with Crippen LogP contribution in [-0.2, 0) is 0 Å². The van der Waals surface area contributed by atoms with Crippen molar-refractivity contribution in [3.05, 3.63) is 48.0 Å². The number of nitrogens with one attached hydrogen (secondary N) is 3. The van der Waals surface area contributed by atoms with Crippen molar-refractivity contribution in [1.82, 2.24) is 15.6 Å². The van der Waals surface area contributed by atoms with Gasteiger partial charge in [-0.25, -0.2) is 4.39 Å². The Balaban J connectivity index is 0.00000192. The van der Waals surface area contributed by atoms with Crippen LogP contribution >= 0.6 is 12.4 Å². The highest BCUT2D eigenvalue weighted by Gasteiger charge is 2.17. The summed E-state index contributed by atoms with van der Waals surface area (Å²) in [4.78, 5) is 15.3. The average molecular weight is 338 g/mol. The second-order valence-corrected chi connectivity index (χ2v) is 5.71. The Morgan fingerprint density at radius 2 is 2.04 bits per heavy atom. The Hall–Kier alpha value is -1.85. The highest BCUT2D eigenvalue weighted by molar-refractivity contribution is 6.00. The number of halogens is 2. The Morgan fingerprint density at radius 3 is 2.74 bits per heavy atom. The molecule has 1 amide bonds. The van der Waals surface area contributed by atoms with E-state index in [1.54, 1.807) is 24.5 Å². The second-order valence-electron chi connectivity index (χ2n) is 5.71. The average Bonchev–Trinajstić information content (AvgIpc) is 3.04. The molecule has 0 radical (unpaired) electrons. The molecule has 1 aliphatic heterocycles. The molecule has 2 aromatic rings. The summed E-state index contributed by atoms with van der Waals surface area (Å²) in [5.74, 6) is 0.118. The Labute approximate surface area is 141 Å². The lowest BCUT2D eigenvalue weighted by Crippen LogP contribution is -2.38. The molecular formula is C17H21ClFN3O. The van der Waals surface area contributed by atoms with Crippen LogP contribution in [0.25, 0.3) is 11.1 Å². The van der Waals surface area contributed by atoms with Gasteiger partial charge in [-0.2, -0.15) is 0 Å². The molecule has 1 saturated heterocycles. The van der Waals surface area contributed by atoms with Gasteiger partial charge in [-0.1, -0.05) is 12.1 Å². The van der Waals surface area contributed by atoms with E-state index in [0.717, 1.165) is 37.1 Å². The number of rotatable bonds is 4. The van der Waals surface area contributed by atoms with Gasteiger partial charge in [-0.05, 0) is 49.5 Å². The zero-order chi connectivity index (χ0) is 15.4. The molecule has 3 N–H and O–H groups in total. The lowest BCUT2D eigenvalue weighted by Gasteiger charge is -2.22. The van der Waals surface area contributed by atoms with Crippen LogP contribution in [0.15, 0.2) is 36.7 Å². The first kappa shape index (κ1) is 17.5. The number of carbonyl (C=O) groups excluding carboxylic acids is 1. The smallest absolute Gasteiger partial charge is 0.253 e. The van der Waals surface area contributed by atoms with E-state index in [-0.39, 0.29) is 24.1 Å². The summed E-state index contributed by atoms with van der Waals surface area (Å²) >= 11 is 0. The van der Waals surface area contributed by atoms with Gasteiger partial charge in [0.2, 0.25) is 0 Å². The molecular weight excluding hydrogens is 317 g/mol. The SMILES string of the molecule is Cl.O=C(NCC1CCCNC1)c1c[nH]cc1-c1ccc(F)cc1. The molecule has 3 rings (SSSR count). The van der Waals surface area contributed by atoms with E-state index in [2.05, 4.69) is 15.6 Å². The van der Waals surface area contributed by atoms with Crippen molar-refractivity contribution in [2.75, 3.05) is 19.6 Å². The molecule has 0 spiro atoms. The number of aromatic nitrogens is 1. The van der Waals surface area contributed by atoms with Crippen molar-refractivity contribution in [2.24, 2.45) is 5.92 Å². The van der Waals surface area contributed by atoms with Gasteiger partial charge in [-0.3, -0.25) is 4.79 Å². The number of carbonyl (C=O) groups is 1. The Bertz CT molecular complexity index is 636. The normalized spacial score (nSPS) is 17.3. The third-order valence-corrected chi connectivity index (χ3v) is 4.10. The van der Waals surface area contributed by atoms with Crippen molar-refractivity contribution in [1.29, 1.82) is 0 Å². The van der Waals surface area contributed by atoms with Crippen molar-refractivity contribution >= 4 is 18.3 Å². The lowest BCUT2D eigenvalue weighted by molar-refractivity contribution is 0.0945. The van der Waals surface area contributed by atoms with E-state index in [0.29, 0.717) is 18.0 Å². The van der Waals surface area contributed by atoms with Crippen molar-refractivity contribution in [2.45, 2.75) is 12.8 Å². The van der Waals surface area contributed by atoms with Crippen LogP contribution in [0.5, 0.6) is 0 Å². The Kier molecular flexibility index (Phi) is 6.19. The molecule has 0 bridgehead atoms. The molecule has 4 nitrogen and oxygen atoms in total. The van der Waals surface area contributed by atoms with Gasteiger partial charge in [0.1, 0.15) is 5.82 Å². The summed E-state index contributed by atoms with van der Waals surface area (Å²) in [6.45, 7) is 2.70. The van der Waals surface area contributed by atoms with Crippen LogP contribution in [-0.4, -0.2) is 30.5 Å². The van der Waals surface area contributed by atoms with Gasteiger partial charge in [0.05, 0.1) is 5.56 Å². The topological polar surface area (TPSA) is 56.9 Å². The van der Waals surface area contributed by atoms with Gasteiger partial charge in [0.15, 0.2) is 0 Å². The number of piperidine rings is 1. The number of aromatic amines is 1. The fourth-order valence-corrected chi connectivity index (χ4v) is 2.85. The quantitative estimate of drug-likeness (QED) is 0.803. The van der Waals surface area contributed by atoms with E-state index in [1.807, 2.05) is 0 Å². The number of H-pyrrole nitrogens is 1. The summed E-state index contributed by atoms with van der Waals surface area (Å²) in [5, 5.41) is 6.35. The summed E-state index contributed by atoms with van der Waals surface area (Å²) in [6.07, 6.45) is 5.76. The molecule has 124 valence electrons. The predicted molar refractivity (Wildman–Crippen MR) is 91.4 cm³/mol. The molecule has 0 aliphatic carbocycles. The van der Waals surface area contributed by atoms with Gasteiger partial charge >= 0.3 is 0 Å². The van der Waals surface area contributed by atoms with Crippen LogP contribution in [0.2, 0.25) is 0 Å². The molecule has 6 heteroatoms. The first-order valence-electron chi connectivity index (χ1n) is 7.65. The first-order chi connectivity index (χ1) is 10.7. The number of hydrogen-bond donors (Lipinski definition) is 3. The zero-order valence-electron chi connectivity index (χ0n) is 12.8. The third kappa shape index (κ3) is 4.33. The monoisotopic (exact) mass is 337 g/mol. The lowest BCUT2D eigenvalue weighted by atomic mass is 9.99. The number of benzene rings is 1. The van der Waals surface area contributed by atoms with E-state index >= 15 is 0 Å². The standard InChI is InChI=1S/C17H20FN3O.ClH/c18-14-5-3-13(4-6-14)15-10-20-11-16(15)17(22)21-9-12-2-1-7-19-8-12;/h3-6,10-12,19-20H,1-2,7-9H2,(H,21,22);1H. The number of hydrogen-bond acceptors (Lipinski definition) is 2. The molecule has 1 unspecified atom stereocenters. The minimum absolute atomic E-state index is 0. The van der Waals surface area contributed by atoms with Crippen LogP contribution in [0.1, 0.15) is 23.2 Å². The minimum Gasteiger partial charge on any atom is -0.366 e. The molecule has 0 saturated carbocycles. The summed E-state index contributed by atoms with van der Waals surface area (Å²) in [6, 6.07) is 6.16. The van der Waals surface area contributed by atoms with Crippen molar-refractivity contribution in [3.8, 4) is 11.1 Å². The van der Waals surface area contributed by atoms with E-state index in [4.69, 9.17) is 0 Å². The van der Waals surface area contributed by atoms with Crippen molar-refractivity contribution in [3.63, 3.8) is 0 Å². The van der Waals surface area contributed by atoms with E-state index in [9.17, 15) is 9.18 Å². The highest BCUT2D eigenvalue weighted by atomic mass is 35.5. The van der Waals surface area contributed by atoms with E-state index in [1.165, 1.54) is 12.1 Å². The first-order valence-corrected chi connectivity index (χ1v) is 7.65. The third-order valence-electron chi connectivity index (χ3n) is 4.10. The van der Waals surface area contributed by atoms with Gasteiger partial charge in [0, 0.05) is 24.5 Å². The van der Waals surface area contributed by atoms with Crippen LogP contribution in [0, 0.1) is 11.7 Å². The predicted octanol–water partition coefficient (Wildman–Crippen LogP) is 2.97. The molecule has 1 aromatic carbocycles. The molecule has 2 heterocycles. The minimum atomic E-state index is -0.282. The highest BCUT2D eigenvalue weighted by Crippen LogP contribution is 2.23. The largest absolute Gasteiger partial charge is 0.366 e. The maximum absolute atomic E-state index is 13.0. The fraction of sp³-hybridized carbons (Fsp3) is 0.353. The second kappa shape index (κ2) is 8.13. The van der Waals surface area contributed by atoms with Crippen LogP contribution in [0.4, 0.5) is 4.39 Å². The molecule has 23 heavy (non-hydrogen) atoms. The summed E-state index contributed by atoms with van der Waals surface area (Å²) < 4.78 is 13.0.